The van der Waals surface area contributed by atoms with E-state index in [2.05, 4.69) is 31.0 Å². The molecule has 0 atom stereocenters. The van der Waals surface area contributed by atoms with Crippen LogP contribution in [0.4, 0.5) is 0 Å². The van der Waals surface area contributed by atoms with Gasteiger partial charge in [0.2, 0.25) is 0 Å². The predicted molar refractivity (Wildman–Crippen MR) is 82.3 cm³/mol. The largest absolute Gasteiger partial charge is 0.435 e. The molecule has 0 aliphatic carbocycles. The summed E-state index contributed by atoms with van der Waals surface area (Å²) in [5.74, 6) is 0.704. The zero-order valence-corrected chi connectivity index (χ0v) is 13.5. The van der Waals surface area contributed by atoms with Gasteiger partial charge >= 0.3 is 0 Å². The first kappa shape index (κ1) is 15.4. The first-order chi connectivity index (χ1) is 9.29. The summed E-state index contributed by atoms with van der Waals surface area (Å²) >= 11 is 18.0. The minimum Gasteiger partial charge on any atom is -0.435 e. The van der Waals surface area contributed by atoms with Crippen LogP contribution in [0.15, 0.2) is 24.3 Å². The number of aromatic nitrogens is 2. The van der Waals surface area contributed by atoms with E-state index in [4.69, 9.17) is 39.5 Å². The van der Waals surface area contributed by atoms with Gasteiger partial charge in [-0.3, -0.25) is 0 Å². The van der Waals surface area contributed by atoms with Crippen molar-refractivity contribution in [3.63, 3.8) is 0 Å². The van der Waals surface area contributed by atoms with Gasteiger partial charge in [0.1, 0.15) is 5.02 Å². The first-order valence-corrected chi connectivity index (χ1v) is 7.08. The van der Waals surface area contributed by atoms with Gasteiger partial charge in [0.25, 0.3) is 5.88 Å². The summed E-state index contributed by atoms with van der Waals surface area (Å²) in [6, 6.07) is 7.06. The molecule has 0 bridgehead atoms. The molecule has 1 aromatic heterocycles. The Labute approximate surface area is 132 Å². The molecule has 0 N–H and O–H groups in total. The Morgan fingerprint density at radius 1 is 1.00 bits per heavy atom. The quantitative estimate of drug-likeness (QED) is 0.726. The molecule has 6 heteroatoms. The van der Waals surface area contributed by atoms with Gasteiger partial charge < -0.3 is 4.74 Å². The van der Waals surface area contributed by atoms with Crippen LogP contribution in [0.2, 0.25) is 15.2 Å². The van der Waals surface area contributed by atoms with Crippen LogP contribution in [0, 0.1) is 0 Å². The molecule has 20 heavy (non-hydrogen) atoms. The maximum atomic E-state index is 6.23. The van der Waals surface area contributed by atoms with Gasteiger partial charge in [0, 0.05) is 11.6 Å². The highest BCUT2D eigenvalue weighted by atomic mass is 35.5. The van der Waals surface area contributed by atoms with E-state index in [1.54, 1.807) is 6.07 Å². The number of nitrogens with zero attached hydrogens (tertiary/aromatic N) is 2. The van der Waals surface area contributed by atoms with Crippen LogP contribution in [0.3, 0.4) is 0 Å². The topological polar surface area (TPSA) is 35.0 Å². The summed E-state index contributed by atoms with van der Waals surface area (Å²) < 4.78 is 5.76. The second kappa shape index (κ2) is 5.76. The maximum absolute atomic E-state index is 6.23. The smallest absolute Gasteiger partial charge is 0.258 e. The van der Waals surface area contributed by atoms with Gasteiger partial charge in [-0.15, -0.1) is 10.2 Å². The summed E-state index contributed by atoms with van der Waals surface area (Å²) in [5.41, 5.74) is 0.824. The Bertz CT molecular complexity index is 639. The second-order valence-electron chi connectivity index (χ2n) is 5.29. The predicted octanol–water partition coefficient (Wildman–Crippen LogP) is 5.53. The highest BCUT2D eigenvalue weighted by molar-refractivity contribution is 6.34. The standard InChI is InChI=1S/C14H13Cl3N2O/c1-14(2,3)8-5-4-6-9(15)12(8)20-13-10(16)7-11(17)18-19-13/h4-7H,1-3H3. The van der Waals surface area contributed by atoms with Crippen LogP contribution in [-0.2, 0) is 5.41 Å². The number of hydrogen-bond donors (Lipinski definition) is 0. The molecule has 0 aliphatic rings. The van der Waals surface area contributed by atoms with Crippen LogP contribution in [0.25, 0.3) is 0 Å². The molecule has 0 unspecified atom stereocenters. The van der Waals surface area contributed by atoms with Crippen molar-refractivity contribution >= 4 is 34.8 Å². The average Bonchev–Trinajstić information content (AvgIpc) is 2.33. The molecule has 0 radical (unpaired) electrons. The Morgan fingerprint density at radius 2 is 1.70 bits per heavy atom. The van der Waals surface area contributed by atoms with Crippen molar-refractivity contribution in [3.8, 4) is 11.6 Å². The molecule has 2 aromatic rings. The van der Waals surface area contributed by atoms with Gasteiger partial charge in [-0.25, -0.2) is 0 Å². The van der Waals surface area contributed by atoms with E-state index in [1.807, 2.05) is 12.1 Å². The van der Waals surface area contributed by atoms with Crippen LogP contribution in [0.1, 0.15) is 26.3 Å². The van der Waals surface area contributed by atoms with Crippen molar-refractivity contribution in [2.75, 3.05) is 0 Å². The van der Waals surface area contributed by atoms with Crippen molar-refractivity contribution in [1.82, 2.24) is 10.2 Å². The number of halogens is 3. The van der Waals surface area contributed by atoms with Crippen LogP contribution in [-0.4, -0.2) is 10.2 Å². The maximum Gasteiger partial charge on any atom is 0.258 e. The van der Waals surface area contributed by atoms with E-state index in [-0.39, 0.29) is 21.5 Å². The van der Waals surface area contributed by atoms with Crippen LogP contribution in [0.5, 0.6) is 11.6 Å². The van der Waals surface area contributed by atoms with Gasteiger partial charge in [-0.2, -0.15) is 0 Å². The number of para-hydroxylation sites is 1. The summed E-state index contributed by atoms with van der Waals surface area (Å²) in [5, 5.41) is 8.54. The van der Waals surface area contributed by atoms with Gasteiger partial charge in [-0.1, -0.05) is 67.7 Å². The number of hydrogen-bond acceptors (Lipinski definition) is 3. The molecule has 2 rings (SSSR count). The van der Waals surface area contributed by atoms with Crippen LogP contribution < -0.4 is 4.74 Å². The summed E-state index contributed by atoms with van der Waals surface area (Å²) in [7, 11) is 0. The molecule has 1 heterocycles. The molecule has 1 aromatic carbocycles. The molecule has 0 amide bonds. The molecule has 0 saturated carbocycles. The van der Waals surface area contributed by atoms with Crippen LogP contribution >= 0.6 is 34.8 Å². The fourth-order valence-corrected chi connectivity index (χ4v) is 2.30. The fourth-order valence-electron chi connectivity index (χ4n) is 1.71. The van der Waals surface area contributed by atoms with E-state index in [1.165, 1.54) is 6.07 Å². The van der Waals surface area contributed by atoms with E-state index < -0.39 is 0 Å². The normalized spacial score (nSPS) is 11.5. The number of rotatable bonds is 2. The SMILES string of the molecule is CC(C)(C)c1cccc(Cl)c1Oc1nnc(Cl)cc1Cl. The Balaban J connectivity index is 2.48. The van der Waals surface area contributed by atoms with Gasteiger partial charge in [0.05, 0.1) is 5.02 Å². The molecule has 0 fully saturated rings. The third kappa shape index (κ3) is 3.35. The molecule has 106 valence electrons. The van der Waals surface area contributed by atoms with Crippen molar-refractivity contribution in [3.05, 3.63) is 45.0 Å². The lowest BCUT2D eigenvalue weighted by atomic mass is 9.86. The number of benzene rings is 1. The lowest BCUT2D eigenvalue weighted by Gasteiger charge is -2.23. The highest BCUT2D eigenvalue weighted by Gasteiger charge is 2.22. The van der Waals surface area contributed by atoms with Crippen molar-refractivity contribution in [2.45, 2.75) is 26.2 Å². The van der Waals surface area contributed by atoms with E-state index in [9.17, 15) is 0 Å². The Hall–Kier alpha value is -1.03. The summed E-state index contributed by atoms with van der Waals surface area (Å²) in [6.45, 7) is 6.21. The lowest BCUT2D eigenvalue weighted by molar-refractivity contribution is 0.434. The fraction of sp³-hybridized carbons (Fsp3) is 0.286. The molecular weight excluding hydrogens is 319 g/mol. The van der Waals surface area contributed by atoms with Crippen molar-refractivity contribution in [1.29, 1.82) is 0 Å². The molecule has 0 saturated heterocycles. The first-order valence-electron chi connectivity index (χ1n) is 5.94. The Kier molecular flexibility index (Phi) is 4.43. The zero-order chi connectivity index (χ0) is 14.9. The monoisotopic (exact) mass is 330 g/mol. The zero-order valence-electron chi connectivity index (χ0n) is 11.2. The minimum absolute atomic E-state index is 0.132. The lowest BCUT2D eigenvalue weighted by Crippen LogP contribution is -2.13. The number of ether oxygens (including phenoxy) is 1. The molecule has 3 nitrogen and oxygen atoms in total. The second-order valence-corrected chi connectivity index (χ2v) is 6.49. The van der Waals surface area contributed by atoms with Crippen molar-refractivity contribution in [2.24, 2.45) is 0 Å². The van der Waals surface area contributed by atoms with Gasteiger partial charge in [0.15, 0.2) is 10.9 Å². The average molecular weight is 332 g/mol. The summed E-state index contributed by atoms with van der Waals surface area (Å²) in [4.78, 5) is 0. The third-order valence-corrected chi connectivity index (χ3v) is 3.41. The van der Waals surface area contributed by atoms with Gasteiger partial charge in [-0.05, 0) is 11.5 Å². The summed E-state index contributed by atoms with van der Waals surface area (Å²) in [6.07, 6.45) is 0. The molecular formula is C14H13Cl3N2O. The van der Waals surface area contributed by atoms with E-state index in [0.717, 1.165) is 5.56 Å². The van der Waals surface area contributed by atoms with E-state index in [0.29, 0.717) is 10.8 Å². The molecule has 0 spiro atoms. The minimum atomic E-state index is -0.132. The van der Waals surface area contributed by atoms with Crippen molar-refractivity contribution < 1.29 is 4.74 Å². The van der Waals surface area contributed by atoms with E-state index >= 15 is 0 Å². The highest BCUT2D eigenvalue weighted by Crippen LogP contribution is 2.40. The third-order valence-electron chi connectivity index (χ3n) is 2.66. The Morgan fingerprint density at radius 3 is 2.30 bits per heavy atom. The molecule has 0 aliphatic heterocycles.